The fraction of sp³-hybridized carbons (Fsp3) is 0.250. The molecule has 3 rings (SSSR count). The minimum absolute atomic E-state index is 0.309. The maximum absolute atomic E-state index is 12.7. The Labute approximate surface area is 119 Å². The summed E-state index contributed by atoms with van der Waals surface area (Å²) in [6.45, 7) is 3.57. The molecule has 0 saturated carbocycles. The van der Waals surface area contributed by atoms with Crippen LogP contribution in [0.5, 0.6) is 0 Å². The Balaban J connectivity index is 1.95. The van der Waals surface area contributed by atoms with Crippen LogP contribution in [0.2, 0.25) is 0 Å². The van der Waals surface area contributed by atoms with Crippen LogP contribution in [-0.2, 0) is 14.6 Å². The summed E-state index contributed by atoms with van der Waals surface area (Å²) in [5.41, 5.74) is 1.93. The first-order valence-electron chi connectivity index (χ1n) is 6.49. The van der Waals surface area contributed by atoms with Gasteiger partial charge in [-0.1, -0.05) is 48.0 Å². The van der Waals surface area contributed by atoms with Crippen LogP contribution in [0.4, 0.5) is 0 Å². The van der Waals surface area contributed by atoms with E-state index in [0.29, 0.717) is 4.90 Å². The summed E-state index contributed by atoms with van der Waals surface area (Å²) in [7, 11) is -3.50. The highest BCUT2D eigenvalue weighted by molar-refractivity contribution is 7.93. The maximum Gasteiger partial charge on any atom is 0.210 e. The fourth-order valence-corrected chi connectivity index (χ4v) is 3.96. The molecule has 0 radical (unpaired) electrons. The van der Waals surface area contributed by atoms with Gasteiger partial charge in [-0.05, 0) is 31.5 Å². The first-order valence-corrected chi connectivity index (χ1v) is 7.97. The molecule has 20 heavy (non-hydrogen) atoms. The highest BCUT2D eigenvalue weighted by Crippen LogP contribution is 2.54. The summed E-state index contributed by atoms with van der Waals surface area (Å²) in [6, 6.07) is 16.3. The van der Waals surface area contributed by atoms with Crippen molar-refractivity contribution in [3.05, 3.63) is 65.7 Å². The van der Waals surface area contributed by atoms with E-state index in [9.17, 15) is 8.42 Å². The van der Waals surface area contributed by atoms with Crippen LogP contribution in [0.1, 0.15) is 24.2 Å². The average molecular weight is 288 g/mol. The second-order valence-electron chi connectivity index (χ2n) is 5.24. The predicted octanol–water partition coefficient (Wildman–Crippen LogP) is 3.26. The number of sulfone groups is 1. The van der Waals surface area contributed by atoms with Gasteiger partial charge in [-0.3, -0.25) is 0 Å². The molecule has 0 aromatic heterocycles. The zero-order chi connectivity index (χ0) is 14.4. The van der Waals surface area contributed by atoms with Crippen LogP contribution in [-0.4, -0.2) is 13.4 Å². The minimum atomic E-state index is -3.50. The third-order valence-electron chi connectivity index (χ3n) is 3.74. The van der Waals surface area contributed by atoms with Gasteiger partial charge >= 0.3 is 0 Å². The summed E-state index contributed by atoms with van der Waals surface area (Å²) in [4.78, 5) is -0.854. The van der Waals surface area contributed by atoms with Crippen molar-refractivity contribution < 1.29 is 13.2 Å². The summed E-state index contributed by atoms with van der Waals surface area (Å²) in [5.74, 6) is 0. The quantitative estimate of drug-likeness (QED) is 0.814. The number of epoxide rings is 1. The molecule has 2 atom stereocenters. The molecular weight excluding hydrogens is 272 g/mol. The number of ether oxygens (including phenoxy) is 1. The van der Waals surface area contributed by atoms with Gasteiger partial charge in [-0.15, -0.1) is 0 Å². The van der Waals surface area contributed by atoms with Gasteiger partial charge in [0.25, 0.3) is 0 Å². The monoisotopic (exact) mass is 288 g/mol. The van der Waals surface area contributed by atoms with E-state index in [1.165, 1.54) is 0 Å². The Morgan fingerprint density at radius 3 is 2.20 bits per heavy atom. The molecule has 2 aromatic rings. The molecule has 3 nitrogen and oxygen atoms in total. The SMILES string of the molecule is Cc1ccc(S(=O)(=O)[C@]2(C)O[C@H]2c2ccccc2)cc1. The lowest BCUT2D eigenvalue weighted by Gasteiger charge is -2.09. The Hall–Kier alpha value is -1.65. The molecule has 1 fully saturated rings. The molecule has 0 aliphatic carbocycles. The molecule has 1 heterocycles. The molecule has 0 N–H and O–H groups in total. The van der Waals surface area contributed by atoms with Crippen molar-refractivity contribution in [3.63, 3.8) is 0 Å². The van der Waals surface area contributed by atoms with Gasteiger partial charge in [0, 0.05) is 0 Å². The van der Waals surface area contributed by atoms with Crippen molar-refractivity contribution in [2.24, 2.45) is 0 Å². The van der Waals surface area contributed by atoms with E-state index >= 15 is 0 Å². The summed E-state index contributed by atoms with van der Waals surface area (Å²) >= 11 is 0. The smallest absolute Gasteiger partial charge is 0.210 e. The molecule has 1 aliphatic heterocycles. The standard InChI is InChI=1S/C16H16O3S/c1-12-8-10-14(11-9-12)20(17,18)16(2)15(19-16)13-6-4-3-5-7-13/h3-11,15H,1-2H3/t15-,16-/m0/s1. The highest BCUT2D eigenvalue weighted by Gasteiger charge is 2.63. The minimum Gasteiger partial charge on any atom is -0.344 e. The molecule has 1 saturated heterocycles. The number of hydrogen-bond donors (Lipinski definition) is 0. The largest absolute Gasteiger partial charge is 0.344 e. The molecule has 0 unspecified atom stereocenters. The van der Waals surface area contributed by atoms with E-state index in [-0.39, 0.29) is 0 Å². The first-order chi connectivity index (χ1) is 9.45. The Bertz CT molecular complexity index is 720. The highest BCUT2D eigenvalue weighted by atomic mass is 32.2. The number of hydrogen-bond acceptors (Lipinski definition) is 3. The van der Waals surface area contributed by atoms with Gasteiger partial charge in [0.2, 0.25) is 14.8 Å². The molecule has 0 amide bonds. The molecule has 2 aromatic carbocycles. The van der Waals surface area contributed by atoms with Crippen molar-refractivity contribution in [3.8, 4) is 0 Å². The predicted molar refractivity (Wildman–Crippen MR) is 77.0 cm³/mol. The lowest BCUT2D eigenvalue weighted by Crippen LogP contribution is -2.22. The van der Waals surface area contributed by atoms with Crippen LogP contribution in [0, 0.1) is 6.92 Å². The van der Waals surface area contributed by atoms with Gasteiger partial charge < -0.3 is 4.74 Å². The van der Waals surface area contributed by atoms with Crippen LogP contribution in [0.15, 0.2) is 59.5 Å². The molecule has 0 bridgehead atoms. The van der Waals surface area contributed by atoms with Crippen molar-refractivity contribution in [2.45, 2.75) is 29.8 Å². The Morgan fingerprint density at radius 2 is 1.60 bits per heavy atom. The van der Waals surface area contributed by atoms with Crippen molar-refractivity contribution in [2.75, 3.05) is 0 Å². The zero-order valence-corrected chi connectivity index (χ0v) is 12.2. The average Bonchev–Trinajstić information content (AvgIpc) is 3.15. The lowest BCUT2D eigenvalue weighted by molar-refractivity contribution is 0.357. The number of rotatable bonds is 3. The second-order valence-corrected chi connectivity index (χ2v) is 7.53. The molecule has 0 spiro atoms. The summed E-state index contributed by atoms with van der Waals surface area (Å²) in [5, 5.41) is 0. The van der Waals surface area contributed by atoms with Crippen LogP contribution in [0.25, 0.3) is 0 Å². The zero-order valence-electron chi connectivity index (χ0n) is 11.4. The Morgan fingerprint density at radius 1 is 1.00 bits per heavy atom. The Kier molecular flexibility index (Phi) is 2.96. The van der Waals surface area contributed by atoms with E-state index < -0.39 is 20.9 Å². The molecule has 4 heteroatoms. The van der Waals surface area contributed by atoms with E-state index in [1.54, 1.807) is 31.2 Å². The van der Waals surface area contributed by atoms with Gasteiger partial charge in [0.05, 0.1) is 4.90 Å². The van der Waals surface area contributed by atoms with Crippen LogP contribution < -0.4 is 0 Å². The van der Waals surface area contributed by atoms with E-state index in [1.807, 2.05) is 37.3 Å². The van der Waals surface area contributed by atoms with E-state index in [0.717, 1.165) is 11.1 Å². The maximum atomic E-state index is 12.7. The normalized spacial score (nSPS) is 25.4. The molecule has 1 aliphatic rings. The fourth-order valence-electron chi connectivity index (χ4n) is 2.35. The third kappa shape index (κ3) is 1.96. The van der Waals surface area contributed by atoms with Gasteiger partial charge in [0.1, 0.15) is 6.10 Å². The van der Waals surface area contributed by atoms with E-state index in [4.69, 9.17) is 4.74 Å². The summed E-state index contributed by atoms with van der Waals surface area (Å²) in [6.07, 6.45) is -0.394. The first kappa shape index (κ1) is 13.3. The van der Waals surface area contributed by atoms with Gasteiger partial charge in [-0.2, -0.15) is 0 Å². The lowest BCUT2D eigenvalue weighted by atomic mass is 10.1. The summed E-state index contributed by atoms with van der Waals surface area (Å²) < 4.78 is 30.9. The number of aryl methyl sites for hydroxylation is 1. The van der Waals surface area contributed by atoms with Crippen LogP contribution >= 0.6 is 0 Å². The van der Waals surface area contributed by atoms with Crippen LogP contribution in [0.3, 0.4) is 0 Å². The van der Waals surface area contributed by atoms with Gasteiger partial charge in [-0.25, -0.2) is 8.42 Å². The van der Waals surface area contributed by atoms with Crippen molar-refractivity contribution in [1.82, 2.24) is 0 Å². The molecular formula is C16H16O3S. The topological polar surface area (TPSA) is 46.7 Å². The molecule has 104 valence electrons. The number of benzene rings is 2. The third-order valence-corrected chi connectivity index (χ3v) is 6.01. The van der Waals surface area contributed by atoms with Gasteiger partial charge in [0.15, 0.2) is 0 Å². The van der Waals surface area contributed by atoms with Crippen molar-refractivity contribution in [1.29, 1.82) is 0 Å². The van der Waals surface area contributed by atoms with E-state index in [2.05, 4.69) is 0 Å². The van der Waals surface area contributed by atoms with Crippen molar-refractivity contribution >= 4 is 9.84 Å². The second kappa shape index (κ2) is 4.43.